The van der Waals surface area contributed by atoms with E-state index in [1.807, 2.05) is 23.1 Å². The molecule has 0 spiro atoms. The van der Waals surface area contributed by atoms with Gasteiger partial charge in [0.1, 0.15) is 0 Å². The van der Waals surface area contributed by atoms with E-state index in [0.29, 0.717) is 31.3 Å². The first-order chi connectivity index (χ1) is 11.5. The summed E-state index contributed by atoms with van der Waals surface area (Å²) < 4.78 is 0. The summed E-state index contributed by atoms with van der Waals surface area (Å²) in [7, 11) is 4.14. The van der Waals surface area contributed by atoms with E-state index in [-0.39, 0.29) is 11.8 Å². The van der Waals surface area contributed by atoms with E-state index in [4.69, 9.17) is 0 Å². The Hall–Kier alpha value is -1.88. The molecule has 1 aromatic carbocycles. The van der Waals surface area contributed by atoms with Gasteiger partial charge in [0.05, 0.1) is 0 Å². The van der Waals surface area contributed by atoms with Crippen molar-refractivity contribution >= 4 is 17.5 Å². The fourth-order valence-corrected chi connectivity index (χ4v) is 3.93. The number of amides is 2. The average molecular weight is 329 g/mol. The van der Waals surface area contributed by atoms with Crippen LogP contribution in [0.5, 0.6) is 0 Å². The predicted molar refractivity (Wildman–Crippen MR) is 95.0 cm³/mol. The second kappa shape index (κ2) is 6.93. The van der Waals surface area contributed by atoms with Crippen LogP contribution in [-0.2, 0) is 16.0 Å². The molecule has 3 rings (SSSR count). The lowest BCUT2D eigenvalue weighted by atomic mass is 10.0. The van der Waals surface area contributed by atoms with Gasteiger partial charge in [0.25, 0.3) is 0 Å². The van der Waals surface area contributed by atoms with Crippen molar-refractivity contribution in [2.45, 2.75) is 32.2 Å². The van der Waals surface area contributed by atoms with Gasteiger partial charge in [-0.25, -0.2) is 0 Å². The minimum atomic E-state index is 0.127. The molecule has 0 saturated carbocycles. The second-order valence-electron chi connectivity index (χ2n) is 7.23. The Bertz CT molecular complexity index is 629. The van der Waals surface area contributed by atoms with Crippen LogP contribution in [0.1, 0.15) is 25.3 Å². The van der Waals surface area contributed by atoms with Gasteiger partial charge < -0.3 is 14.7 Å². The van der Waals surface area contributed by atoms with Gasteiger partial charge in [-0.15, -0.1) is 0 Å². The first-order valence-electron chi connectivity index (χ1n) is 8.80. The van der Waals surface area contributed by atoms with Crippen molar-refractivity contribution in [2.24, 2.45) is 5.92 Å². The third kappa shape index (κ3) is 3.31. The molecule has 5 nitrogen and oxygen atoms in total. The molecule has 1 aromatic rings. The number of para-hydroxylation sites is 1. The number of hydrogen-bond acceptors (Lipinski definition) is 3. The summed E-state index contributed by atoms with van der Waals surface area (Å²) in [6.45, 7) is 4.28. The Labute approximate surface area is 144 Å². The molecule has 24 heavy (non-hydrogen) atoms. The van der Waals surface area contributed by atoms with Crippen LogP contribution < -0.4 is 4.90 Å². The van der Waals surface area contributed by atoms with E-state index in [2.05, 4.69) is 32.0 Å². The fraction of sp³-hybridized carbons (Fsp3) is 0.579. The Morgan fingerprint density at radius 1 is 1.21 bits per heavy atom. The third-order valence-electron chi connectivity index (χ3n) is 5.33. The zero-order valence-corrected chi connectivity index (χ0v) is 14.9. The standard InChI is InChI=1S/C19H27N3O2/c1-14-12-21(13-17(14)20(2)3)18(23)10-11-22-16-7-5-4-6-15(16)8-9-19(22)24/h4-7,14,17H,8-13H2,1-3H3. The van der Waals surface area contributed by atoms with Crippen molar-refractivity contribution in [3.05, 3.63) is 29.8 Å². The quantitative estimate of drug-likeness (QED) is 0.845. The highest BCUT2D eigenvalue weighted by Gasteiger charge is 2.34. The van der Waals surface area contributed by atoms with Gasteiger partial charge in [0.15, 0.2) is 0 Å². The summed E-state index contributed by atoms with van der Waals surface area (Å²) in [4.78, 5) is 30.8. The van der Waals surface area contributed by atoms with Gasteiger partial charge in [-0.3, -0.25) is 9.59 Å². The van der Waals surface area contributed by atoms with Crippen molar-refractivity contribution in [3.63, 3.8) is 0 Å². The average Bonchev–Trinajstić information content (AvgIpc) is 2.96. The molecule has 1 fully saturated rings. The van der Waals surface area contributed by atoms with Crippen LogP contribution in [0.25, 0.3) is 0 Å². The minimum Gasteiger partial charge on any atom is -0.341 e. The molecule has 130 valence electrons. The normalized spacial score (nSPS) is 23.8. The lowest BCUT2D eigenvalue weighted by molar-refractivity contribution is -0.130. The molecule has 1 saturated heterocycles. The topological polar surface area (TPSA) is 43.9 Å². The molecule has 0 aliphatic carbocycles. The number of nitrogens with zero attached hydrogens (tertiary/aromatic N) is 3. The van der Waals surface area contributed by atoms with Gasteiger partial charge in [-0.2, -0.15) is 0 Å². The number of hydrogen-bond donors (Lipinski definition) is 0. The number of anilines is 1. The highest BCUT2D eigenvalue weighted by Crippen LogP contribution is 2.28. The smallest absolute Gasteiger partial charge is 0.227 e. The molecule has 0 bridgehead atoms. The first-order valence-corrected chi connectivity index (χ1v) is 8.80. The lowest BCUT2D eigenvalue weighted by Crippen LogP contribution is -2.39. The van der Waals surface area contributed by atoms with Gasteiger partial charge in [-0.1, -0.05) is 25.1 Å². The summed E-state index contributed by atoms with van der Waals surface area (Å²) >= 11 is 0. The summed E-state index contributed by atoms with van der Waals surface area (Å²) in [5.41, 5.74) is 2.18. The molecule has 2 unspecified atom stereocenters. The number of aryl methyl sites for hydroxylation is 1. The fourth-order valence-electron chi connectivity index (χ4n) is 3.93. The highest BCUT2D eigenvalue weighted by atomic mass is 16.2. The minimum absolute atomic E-state index is 0.127. The molecular weight excluding hydrogens is 302 g/mol. The summed E-state index contributed by atoms with van der Waals surface area (Å²) in [6, 6.07) is 8.43. The highest BCUT2D eigenvalue weighted by molar-refractivity contribution is 5.97. The van der Waals surface area contributed by atoms with Gasteiger partial charge in [0.2, 0.25) is 11.8 Å². The van der Waals surface area contributed by atoms with Crippen LogP contribution in [0.15, 0.2) is 24.3 Å². The largest absolute Gasteiger partial charge is 0.341 e. The van der Waals surface area contributed by atoms with Gasteiger partial charge in [-0.05, 0) is 38.1 Å². The van der Waals surface area contributed by atoms with Crippen LogP contribution in [0.3, 0.4) is 0 Å². The maximum atomic E-state index is 12.6. The molecule has 2 heterocycles. The first kappa shape index (κ1) is 17.0. The molecule has 2 atom stereocenters. The Balaban J connectivity index is 1.62. The zero-order valence-electron chi connectivity index (χ0n) is 14.9. The Morgan fingerprint density at radius 2 is 1.96 bits per heavy atom. The molecule has 0 radical (unpaired) electrons. The molecule has 0 N–H and O–H groups in total. The summed E-state index contributed by atoms with van der Waals surface area (Å²) in [5, 5.41) is 0. The maximum absolute atomic E-state index is 12.6. The van der Waals surface area contributed by atoms with Crippen molar-refractivity contribution in [1.82, 2.24) is 9.80 Å². The second-order valence-corrected chi connectivity index (χ2v) is 7.23. The molecule has 0 aromatic heterocycles. The SMILES string of the molecule is CC1CN(C(=O)CCN2C(=O)CCc3ccccc32)CC1N(C)C. The van der Waals surface area contributed by atoms with E-state index in [0.717, 1.165) is 25.2 Å². The van der Waals surface area contributed by atoms with Crippen molar-refractivity contribution in [2.75, 3.05) is 38.6 Å². The van der Waals surface area contributed by atoms with E-state index in [1.54, 1.807) is 4.90 Å². The molecule has 2 aliphatic rings. The predicted octanol–water partition coefficient (Wildman–Crippen LogP) is 1.76. The van der Waals surface area contributed by atoms with Crippen molar-refractivity contribution in [1.29, 1.82) is 0 Å². The number of rotatable bonds is 4. The number of carbonyl (C=O) groups is 2. The third-order valence-corrected chi connectivity index (χ3v) is 5.33. The van der Waals surface area contributed by atoms with Crippen LogP contribution >= 0.6 is 0 Å². The number of likely N-dealkylation sites (tertiary alicyclic amines) is 1. The zero-order chi connectivity index (χ0) is 17.3. The Kier molecular flexibility index (Phi) is 4.90. The number of likely N-dealkylation sites (N-methyl/N-ethyl adjacent to an activating group) is 1. The van der Waals surface area contributed by atoms with E-state index < -0.39 is 0 Å². The van der Waals surface area contributed by atoms with Crippen LogP contribution in [0, 0.1) is 5.92 Å². The van der Waals surface area contributed by atoms with Crippen LogP contribution in [-0.4, -0.2) is 61.4 Å². The molecule has 2 amide bonds. The van der Waals surface area contributed by atoms with Gasteiger partial charge in [0, 0.05) is 44.2 Å². The maximum Gasteiger partial charge on any atom is 0.227 e. The summed E-state index contributed by atoms with van der Waals surface area (Å²) in [6.07, 6.45) is 1.73. The monoisotopic (exact) mass is 329 g/mol. The van der Waals surface area contributed by atoms with E-state index in [9.17, 15) is 9.59 Å². The van der Waals surface area contributed by atoms with Crippen molar-refractivity contribution < 1.29 is 9.59 Å². The van der Waals surface area contributed by atoms with Crippen LogP contribution in [0.4, 0.5) is 5.69 Å². The molecule has 5 heteroatoms. The van der Waals surface area contributed by atoms with E-state index in [1.165, 1.54) is 5.56 Å². The molecular formula is C19H27N3O2. The van der Waals surface area contributed by atoms with E-state index >= 15 is 0 Å². The number of fused-ring (bicyclic) bond motifs is 1. The molecule has 2 aliphatic heterocycles. The summed E-state index contributed by atoms with van der Waals surface area (Å²) in [5.74, 6) is 0.769. The number of carbonyl (C=O) groups excluding carboxylic acids is 2. The van der Waals surface area contributed by atoms with Gasteiger partial charge >= 0.3 is 0 Å². The van der Waals surface area contributed by atoms with Crippen LogP contribution in [0.2, 0.25) is 0 Å². The van der Waals surface area contributed by atoms with Crippen molar-refractivity contribution in [3.8, 4) is 0 Å². The lowest BCUT2D eigenvalue weighted by Gasteiger charge is -2.30. The number of benzene rings is 1. The Morgan fingerprint density at radius 3 is 2.67 bits per heavy atom.